The zero-order valence-electron chi connectivity index (χ0n) is 18.0. The number of ether oxygens (including phenoxy) is 2. The Hall–Kier alpha value is -3.38. The van der Waals surface area contributed by atoms with Crippen molar-refractivity contribution in [2.75, 3.05) is 18.2 Å². The van der Waals surface area contributed by atoms with E-state index in [4.69, 9.17) is 20.3 Å². The zero-order valence-corrected chi connectivity index (χ0v) is 18.8. The smallest absolute Gasteiger partial charge is 0.339 e. The fourth-order valence-electron chi connectivity index (χ4n) is 3.03. The number of nitrogens with zero attached hydrogens (tertiary/aromatic N) is 2. The van der Waals surface area contributed by atoms with Gasteiger partial charge in [-0.05, 0) is 39.0 Å². The maximum atomic E-state index is 11.9. The SMILES string of the molecule is Cc1nc(Nc2ccc3c(c2)C(C)(C)OC3=O)ncc1C(=N)OC(=N)CCOS(C)(=O)=O. The molecule has 0 fully saturated rings. The van der Waals surface area contributed by atoms with Gasteiger partial charge in [0, 0.05) is 23.9 Å². The van der Waals surface area contributed by atoms with Gasteiger partial charge in [-0.1, -0.05) is 0 Å². The Morgan fingerprint density at radius 2 is 2.00 bits per heavy atom. The van der Waals surface area contributed by atoms with E-state index < -0.39 is 15.7 Å². The minimum absolute atomic E-state index is 0.115. The molecule has 11 nitrogen and oxygen atoms in total. The van der Waals surface area contributed by atoms with Gasteiger partial charge in [0.25, 0.3) is 10.1 Å². The highest BCUT2D eigenvalue weighted by Crippen LogP contribution is 2.37. The first-order chi connectivity index (χ1) is 14.9. The topological polar surface area (TPSA) is 164 Å². The van der Waals surface area contributed by atoms with Gasteiger partial charge >= 0.3 is 5.97 Å². The number of anilines is 2. The van der Waals surface area contributed by atoms with Crippen LogP contribution in [-0.2, 0) is 29.4 Å². The van der Waals surface area contributed by atoms with Crippen LogP contribution in [0.1, 0.15) is 47.4 Å². The van der Waals surface area contributed by atoms with Crippen molar-refractivity contribution in [3.8, 4) is 0 Å². The molecule has 1 aromatic heterocycles. The fourth-order valence-corrected chi connectivity index (χ4v) is 3.42. The number of hydrogen-bond acceptors (Lipinski definition) is 11. The molecule has 170 valence electrons. The second-order valence-corrected chi connectivity index (χ2v) is 9.25. The molecule has 0 amide bonds. The Morgan fingerprint density at radius 3 is 2.66 bits per heavy atom. The van der Waals surface area contributed by atoms with E-state index in [-0.39, 0.29) is 42.3 Å². The first-order valence-corrected chi connectivity index (χ1v) is 11.3. The van der Waals surface area contributed by atoms with Gasteiger partial charge in [-0.15, -0.1) is 0 Å². The highest BCUT2D eigenvalue weighted by Gasteiger charge is 2.37. The molecule has 12 heteroatoms. The summed E-state index contributed by atoms with van der Waals surface area (Å²) in [6, 6.07) is 5.20. The van der Waals surface area contributed by atoms with Crippen LogP contribution >= 0.6 is 0 Å². The van der Waals surface area contributed by atoms with Crippen LogP contribution in [-0.4, -0.2) is 49.0 Å². The predicted molar refractivity (Wildman–Crippen MR) is 116 cm³/mol. The maximum absolute atomic E-state index is 11.9. The Labute approximate surface area is 185 Å². The lowest BCUT2D eigenvalue weighted by atomic mass is 9.95. The number of esters is 1. The molecule has 2 heterocycles. The van der Waals surface area contributed by atoms with E-state index in [1.807, 2.05) is 13.8 Å². The third-order valence-corrected chi connectivity index (χ3v) is 5.16. The second kappa shape index (κ2) is 8.63. The summed E-state index contributed by atoms with van der Waals surface area (Å²) in [5, 5.41) is 18.8. The molecule has 0 atom stereocenters. The Bertz CT molecular complexity index is 1210. The molecule has 1 aliphatic heterocycles. The number of aromatic nitrogens is 2. The molecule has 3 rings (SSSR count). The number of hydrogen-bond donors (Lipinski definition) is 3. The molecule has 0 unspecified atom stereocenters. The molecule has 0 spiro atoms. The number of carbonyl (C=O) groups is 1. The van der Waals surface area contributed by atoms with Gasteiger partial charge in [-0.2, -0.15) is 8.42 Å². The number of rotatable bonds is 7. The lowest BCUT2D eigenvalue weighted by molar-refractivity contribution is 0.00954. The number of aryl methyl sites for hydroxylation is 1. The van der Waals surface area contributed by atoms with E-state index in [0.717, 1.165) is 11.8 Å². The summed E-state index contributed by atoms with van der Waals surface area (Å²) in [5.74, 6) is -0.746. The van der Waals surface area contributed by atoms with Gasteiger partial charge in [-0.25, -0.2) is 14.8 Å². The summed E-state index contributed by atoms with van der Waals surface area (Å²) < 4.78 is 36.9. The Kier molecular flexibility index (Phi) is 6.28. The Morgan fingerprint density at radius 1 is 1.28 bits per heavy atom. The molecule has 0 saturated carbocycles. The molecule has 32 heavy (non-hydrogen) atoms. The van der Waals surface area contributed by atoms with Gasteiger partial charge in [0.15, 0.2) is 5.90 Å². The lowest BCUT2D eigenvalue weighted by Crippen LogP contribution is -2.17. The van der Waals surface area contributed by atoms with Crippen molar-refractivity contribution < 1.29 is 26.9 Å². The van der Waals surface area contributed by atoms with Gasteiger partial charge in [0.1, 0.15) is 5.60 Å². The van der Waals surface area contributed by atoms with Crippen molar-refractivity contribution in [3.05, 3.63) is 46.8 Å². The van der Waals surface area contributed by atoms with Crippen LogP contribution in [0.4, 0.5) is 11.6 Å². The number of carbonyl (C=O) groups excluding carboxylic acids is 1. The number of fused-ring (bicyclic) bond motifs is 1. The van der Waals surface area contributed by atoms with Crippen molar-refractivity contribution >= 4 is 39.5 Å². The first-order valence-electron chi connectivity index (χ1n) is 9.53. The van der Waals surface area contributed by atoms with Crippen LogP contribution in [0, 0.1) is 17.7 Å². The Balaban J connectivity index is 1.66. The quantitative estimate of drug-likeness (QED) is 0.243. The molecule has 0 saturated heterocycles. The molecular formula is C20H23N5O6S. The van der Waals surface area contributed by atoms with Crippen LogP contribution in [0.25, 0.3) is 0 Å². The molecule has 0 aliphatic carbocycles. The fraction of sp³-hybridized carbons (Fsp3) is 0.350. The summed E-state index contributed by atoms with van der Waals surface area (Å²) in [6.07, 6.45) is 2.18. The highest BCUT2D eigenvalue weighted by atomic mass is 32.2. The average molecular weight is 462 g/mol. The van der Waals surface area contributed by atoms with Crippen molar-refractivity contribution in [2.24, 2.45) is 0 Å². The van der Waals surface area contributed by atoms with Gasteiger partial charge in [0.2, 0.25) is 11.8 Å². The zero-order chi connectivity index (χ0) is 23.7. The standard InChI is InChI=1S/C20H23N5O6S/c1-11-14(17(22)30-16(21)7-8-29-32(4,27)28)10-23-19(24-11)25-12-5-6-13-15(9-12)20(2,3)31-18(13)26/h5-6,9-10,21-22H,7-8H2,1-4H3,(H,23,24,25). The van der Waals surface area contributed by atoms with Crippen LogP contribution in [0.15, 0.2) is 24.4 Å². The molecule has 1 aromatic carbocycles. The summed E-state index contributed by atoms with van der Waals surface area (Å²) in [4.78, 5) is 20.4. The normalized spacial score (nSPS) is 14.4. The summed E-state index contributed by atoms with van der Waals surface area (Å²) >= 11 is 0. The van der Waals surface area contributed by atoms with Crippen LogP contribution in [0.5, 0.6) is 0 Å². The van der Waals surface area contributed by atoms with Crippen LogP contribution < -0.4 is 5.32 Å². The van der Waals surface area contributed by atoms with Gasteiger partial charge in [-0.3, -0.25) is 15.0 Å². The number of benzene rings is 1. The molecule has 0 radical (unpaired) electrons. The van der Waals surface area contributed by atoms with E-state index in [2.05, 4.69) is 19.5 Å². The van der Waals surface area contributed by atoms with Crippen molar-refractivity contribution in [1.29, 1.82) is 10.8 Å². The third-order valence-electron chi connectivity index (χ3n) is 4.57. The van der Waals surface area contributed by atoms with Crippen molar-refractivity contribution in [2.45, 2.75) is 32.8 Å². The van der Waals surface area contributed by atoms with Gasteiger partial charge in [0.05, 0.1) is 29.7 Å². The first kappa shape index (κ1) is 23.3. The largest absolute Gasteiger partial charge is 0.451 e. The minimum atomic E-state index is -3.61. The summed E-state index contributed by atoms with van der Waals surface area (Å²) in [5.41, 5.74) is 1.93. The van der Waals surface area contributed by atoms with E-state index in [1.54, 1.807) is 25.1 Å². The molecule has 0 bridgehead atoms. The average Bonchev–Trinajstić information content (AvgIpc) is 2.89. The van der Waals surface area contributed by atoms with E-state index in [9.17, 15) is 13.2 Å². The second-order valence-electron chi connectivity index (χ2n) is 7.61. The maximum Gasteiger partial charge on any atom is 0.339 e. The molecular weight excluding hydrogens is 438 g/mol. The van der Waals surface area contributed by atoms with E-state index in [1.165, 1.54) is 6.20 Å². The highest BCUT2D eigenvalue weighted by molar-refractivity contribution is 7.85. The lowest BCUT2D eigenvalue weighted by Gasteiger charge is -2.18. The minimum Gasteiger partial charge on any atom is -0.451 e. The van der Waals surface area contributed by atoms with E-state index >= 15 is 0 Å². The van der Waals surface area contributed by atoms with Gasteiger partial charge < -0.3 is 14.8 Å². The predicted octanol–water partition coefficient (Wildman–Crippen LogP) is 2.62. The van der Waals surface area contributed by atoms with Crippen LogP contribution in [0.2, 0.25) is 0 Å². The monoisotopic (exact) mass is 461 g/mol. The third kappa shape index (κ3) is 5.45. The molecule has 3 N–H and O–H groups in total. The van der Waals surface area contributed by atoms with Crippen LogP contribution in [0.3, 0.4) is 0 Å². The van der Waals surface area contributed by atoms with Crippen molar-refractivity contribution in [1.82, 2.24) is 9.97 Å². The summed E-state index contributed by atoms with van der Waals surface area (Å²) in [6.45, 7) is 5.03. The number of cyclic esters (lactones) is 1. The molecule has 1 aliphatic rings. The van der Waals surface area contributed by atoms with E-state index in [0.29, 0.717) is 16.9 Å². The molecule has 2 aromatic rings. The summed E-state index contributed by atoms with van der Waals surface area (Å²) in [7, 11) is -3.61. The number of nitrogens with one attached hydrogen (secondary N) is 3. The van der Waals surface area contributed by atoms with Crippen molar-refractivity contribution in [3.63, 3.8) is 0 Å².